The molecular weight excluding hydrogens is 356 g/mol. The van der Waals surface area contributed by atoms with Gasteiger partial charge in [0.05, 0.1) is 36.5 Å². The maximum absolute atomic E-state index is 11.1. The second kappa shape index (κ2) is 9.71. The third-order valence-corrected chi connectivity index (χ3v) is 3.50. The Bertz CT molecular complexity index is 806. The van der Waals surface area contributed by atoms with Crippen LogP contribution in [-0.2, 0) is 9.47 Å². The number of methoxy groups -OCH3 is 2. The van der Waals surface area contributed by atoms with Crippen molar-refractivity contribution in [1.29, 1.82) is 0 Å². The van der Waals surface area contributed by atoms with E-state index >= 15 is 0 Å². The molecule has 2 aromatic carbocycles. The zero-order valence-corrected chi connectivity index (χ0v) is 14.9. The van der Waals surface area contributed by atoms with Gasteiger partial charge in [0.25, 0.3) is 0 Å². The molecule has 0 saturated heterocycles. The number of esters is 2. The van der Waals surface area contributed by atoms with E-state index in [4.69, 9.17) is 10.2 Å². The van der Waals surface area contributed by atoms with Gasteiger partial charge < -0.3 is 19.7 Å². The van der Waals surface area contributed by atoms with Crippen LogP contribution in [0.25, 0.3) is 0 Å². The van der Waals surface area contributed by atoms with Crippen LogP contribution in [0.1, 0.15) is 47.0 Å². The summed E-state index contributed by atoms with van der Waals surface area (Å²) in [6.07, 6.45) is 0. The Labute approximate surface area is 155 Å². The van der Waals surface area contributed by atoms with Crippen molar-refractivity contribution >= 4 is 23.9 Å². The number of carboxylic acids is 2. The van der Waals surface area contributed by atoms with E-state index < -0.39 is 23.9 Å². The van der Waals surface area contributed by atoms with Crippen molar-refractivity contribution in [3.8, 4) is 0 Å². The van der Waals surface area contributed by atoms with Crippen molar-refractivity contribution < 1.29 is 38.9 Å². The average molecular weight is 374 g/mol. The van der Waals surface area contributed by atoms with Gasteiger partial charge in [0.1, 0.15) is 0 Å². The summed E-state index contributed by atoms with van der Waals surface area (Å²) in [4.78, 5) is 43.4. The maximum Gasteiger partial charge on any atom is 0.337 e. The second-order valence-corrected chi connectivity index (χ2v) is 5.15. The topological polar surface area (TPSA) is 127 Å². The van der Waals surface area contributed by atoms with Crippen LogP contribution in [0, 0.1) is 6.92 Å². The molecule has 142 valence electrons. The smallest absolute Gasteiger partial charge is 0.337 e. The predicted octanol–water partition coefficient (Wildman–Crippen LogP) is 2.65. The Balaban J connectivity index is 0.000000271. The van der Waals surface area contributed by atoms with Crippen LogP contribution in [0.15, 0.2) is 42.5 Å². The van der Waals surface area contributed by atoms with E-state index in [0.717, 1.165) is 0 Å². The zero-order valence-electron chi connectivity index (χ0n) is 14.9. The van der Waals surface area contributed by atoms with E-state index in [1.165, 1.54) is 45.4 Å². The lowest BCUT2D eigenvalue weighted by Gasteiger charge is -2.03. The molecule has 0 saturated carbocycles. The number of hydrogen-bond donors (Lipinski definition) is 2. The maximum atomic E-state index is 11.1. The first-order valence-electron chi connectivity index (χ1n) is 7.55. The highest BCUT2D eigenvalue weighted by molar-refractivity contribution is 5.96. The Morgan fingerprint density at radius 2 is 1.11 bits per heavy atom. The molecular formula is C19H18O8. The van der Waals surface area contributed by atoms with Crippen molar-refractivity contribution in [2.45, 2.75) is 6.92 Å². The highest BCUT2D eigenvalue weighted by atomic mass is 16.5. The van der Waals surface area contributed by atoms with Crippen molar-refractivity contribution in [1.82, 2.24) is 0 Å². The largest absolute Gasteiger partial charge is 0.478 e. The van der Waals surface area contributed by atoms with E-state index in [-0.39, 0.29) is 16.7 Å². The van der Waals surface area contributed by atoms with Gasteiger partial charge in [-0.05, 0) is 42.8 Å². The first-order chi connectivity index (χ1) is 12.7. The fourth-order valence-electron chi connectivity index (χ4n) is 2.11. The van der Waals surface area contributed by atoms with E-state index in [1.807, 2.05) is 0 Å². The van der Waals surface area contributed by atoms with Crippen LogP contribution in [-0.4, -0.2) is 48.3 Å². The lowest BCUT2D eigenvalue weighted by Crippen LogP contribution is -2.06. The number of carbonyl (C=O) groups excluding carboxylic acids is 2. The number of carboxylic acid groups (broad SMARTS) is 2. The summed E-state index contributed by atoms with van der Waals surface area (Å²) in [5, 5.41) is 17.4. The predicted molar refractivity (Wildman–Crippen MR) is 94.2 cm³/mol. The molecule has 0 atom stereocenters. The molecule has 0 fully saturated rings. The van der Waals surface area contributed by atoms with Gasteiger partial charge in [0.2, 0.25) is 0 Å². The summed E-state index contributed by atoms with van der Waals surface area (Å²) in [5.41, 5.74) is 0.994. The Kier molecular flexibility index (Phi) is 7.68. The highest BCUT2D eigenvalue weighted by Gasteiger charge is 2.13. The van der Waals surface area contributed by atoms with Crippen LogP contribution < -0.4 is 0 Å². The monoisotopic (exact) mass is 374 g/mol. The number of ether oxygens (including phenoxy) is 2. The molecule has 0 aromatic heterocycles. The minimum Gasteiger partial charge on any atom is -0.478 e. The molecule has 0 spiro atoms. The average Bonchev–Trinajstić information content (AvgIpc) is 2.67. The molecule has 0 aliphatic rings. The number of hydrogen-bond acceptors (Lipinski definition) is 6. The molecule has 2 N–H and O–H groups in total. The lowest BCUT2D eigenvalue weighted by molar-refractivity contribution is 0.0595. The van der Waals surface area contributed by atoms with E-state index in [2.05, 4.69) is 9.47 Å². The first-order valence-corrected chi connectivity index (χ1v) is 7.55. The van der Waals surface area contributed by atoms with Gasteiger partial charge in [-0.25, -0.2) is 19.2 Å². The molecule has 8 nitrogen and oxygen atoms in total. The molecule has 0 unspecified atom stereocenters. The van der Waals surface area contributed by atoms with Crippen LogP contribution in [0.4, 0.5) is 0 Å². The van der Waals surface area contributed by atoms with Gasteiger partial charge in [0.15, 0.2) is 0 Å². The Hall–Kier alpha value is -3.68. The Morgan fingerprint density at radius 3 is 1.44 bits per heavy atom. The number of carbonyl (C=O) groups is 4. The molecule has 0 heterocycles. The third-order valence-electron chi connectivity index (χ3n) is 3.50. The van der Waals surface area contributed by atoms with Gasteiger partial charge in [0, 0.05) is 0 Å². The van der Waals surface area contributed by atoms with E-state index in [9.17, 15) is 19.2 Å². The quantitative estimate of drug-likeness (QED) is 0.782. The third kappa shape index (κ3) is 5.67. The van der Waals surface area contributed by atoms with Gasteiger partial charge in [-0.15, -0.1) is 0 Å². The fourth-order valence-corrected chi connectivity index (χ4v) is 2.11. The fraction of sp³-hybridized carbons (Fsp3) is 0.158. The number of aromatic carboxylic acids is 2. The summed E-state index contributed by atoms with van der Waals surface area (Å²) < 4.78 is 9.03. The normalized spacial score (nSPS) is 9.44. The van der Waals surface area contributed by atoms with E-state index in [0.29, 0.717) is 11.1 Å². The molecule has 0 aliphatic heterocycles. The molecule has 0 radical (unpaired) electrons. The molecule has 0 amide bonds. The molecule has 2 aromatic rings. The SMILES string of the molecule is COC(=O)c1cccc(C(=O)OC)c1.Cc1c(C(=O)O)cccc1C(=O)O. The number of benzene rings is 2. The standard InChI is InChI=1S/C10H10O4.C9H8O4/c1-13-9(11)7-4-3-5-8(6-7)10(12)14-2;1-5-6(8(10)11)3-2-4-7(5)9(12)13/h3-6H,1-2H3;2-4H,1H3,(H,10,11)(H,12,13). The molecule has 27 heavy (non-hydrogen) atoms. The van der Waals surface area contributed by atoms with Crippen LogP contribution in [0.3, 0.4) is 0 Å². The first kappa shape index (κ1) is 21.4. The van der Waals surface area contributed by atoms with Gasteiger partial charge in [-0.3, -0.25) is 0 Å². The van der Waals surface area contributed by atoms with E-state index in [1.54, 1.807) is 18.2 Å². The van der Waals surface area contributed by atoms with Crippen molar-refractivity contribution in [3.63, 3.8) is 0 Å². The summed E-state index contributed by atoms with van der Waals surface area (Å²) >= 11 is 0. The summed E-state index contributed by atoms with van der Waals surface area (Å²) in [5.74, 6) is -3.17. The van der Waals surface area contributed by atoms with Crippen molar-refractivity contribution in [2.75, 3.05) is 14.2 Å². The van der Waals surface area contributed by atoms with Crippen LogP contribution in [0.5, 0.6) is 0 Å². The molecule has 0 bridgehead atoms. The van der Waals surface area contributed by atoms with Crippen LogP contribution in [0.2, 0.25) is 0 Å². The van der Waals surface area contributed by atoms with Crippen LogP contribution >= 0.6 is 0 Å². The van der Waals surface area contributed by atoms with Gasteiger partial charge in [-0.1, -0.05) is 12.1 Å². The zero-order chi connectivity index (χ0) is 20.6. The highest BCUT2D eigenvalue weighted by Crippen LogP contribution is 2.13. The second-order valence-electron chi connectivity index (χ2n) is 5.15. The molecule has 2 rings (SSSR count). The van der Waals surface area contributed by atoms with Gasteiger partial charge >= 0.3 is 23.9 Å². The van der Waals surface area contributed by atoms with Gasteiger partial charge in [-0.2, -0.15) is 0 Å². The molecule has 8 heteroatoms. The van der Waals surface area contributed by atoms with Crippen molar-refractivity contribution in [3.05, 3.63) is 70.3 Å². The lowest BCUT2D eigenvalue weighted by atomic mass is 10.0. The summed E-state index contributed by atoms with van der Waals surface area (Å²) in [7, 11) is 2.57. The molecule has 0 aliphatic carbocycles. The summed E-state index contributed by atoms with van der Waals surface area (Å²) in [6, 6.07) is 10.3. The summed E-state index contributed by atoms with van der Waals surface area (Å²) in [6.45, 7) is 1.48. The minimum absolute atomic E-state index is 0.0277. The Morgan fingerprint density at radius 1 is 0.741 bits per heavy atom. The van der Waals surface area contributed by atoms with Crippen molar-refractivity contribution in [2.24, 2.45) is 0 Å². The number of rotatable bonds is 4. The minimum atomic E-state index is -1.11.